The average Bonchev–Trinajstić information content (AvgIpc) is 2.73. The molecule has 0 bridgehead atoms. The number of ether oxygens (including phenoxy) is 1. The van der Waals surface area contributed by atoms with Crippen molar-refractivity contribution in [2.45, 2.75) is 6.54 Å². The van der Waals surface area contributed by atoms with Crippen LogP contribution in [0.15, 0.2) is 60.7 Å². The van der Waals surface area contributed by atoms with Gasteiger partial charge in [-0.1, -0.05) is 41.9 Å². The summed E-state index contributed by atoms with van der Waals surface area (Å²) in [5, 5.41) is 14.3. The zero-order valence-corrected chi connectivity index (χ0v) is 15.7. The van der Waals surface area contributed by atoms with Crippen LogP contribution in [-0.2, 0) is 11.3 Å². The van der Waals surface area contributed by atoms with Gasteiger partial charge < -0.3 is 15.4 Å². The third-order valence-corrected chi connectivity index (χ3v) is 4.26. The molecule has 8 heteroatoms. The summed E-state index contributed by atoms with van der Waals surface area (Å²) in [5.74, 6) is -0.519. The number of esters is 1. The van der Waals surface area contributed by atoms with Gasteiger partial charge in [-0.15, -0.1) is 10.2 Å². The second-order valence-electron chi connectivity index (χ2n) is 5.74. The number of amides is 1. The Kier molecular flexibility index (Phi) is 6.18. The van der Waals surface area contributed by atoms with Crippen molar-refractivity contribution >= 4 is 35.0 Å². The number of aromatic nitrogens is 2. The molecule has 28 heavy (non-hydrogen) atoms. The summed E-state index contributed by atoms with van der Waals surface area (Å²) in [7, 11) is 1.28. The summed E-state index contributed by atoms with van der Waals surface area (Å²) in [6, 6.07) is 17.2. The maximum absolute atomic E-state index is 12.4. The van der Waals surface area contributed by atoms with Gasteiger partial charge in [-0.05, 0) is 35.9 Å². The molecule has 0 atom stereocenters. The quantitative estimate of drug-likeness (QED) is 0.616. The van der Waals surface area contributed by atoms with Gasteiger partial charge in [-0.25, -0.2) is 4.79 Å². The number of para-hydroxylation sites is 1. The van der Waals surface area contributed by atoms with Crippen molar-refractivity contribution in [2.24, 2.45) is 0 Å². The number of hydrogen-bond acceptors (Lipinski definition) is 6. The lowest BCUT2D eigenvalue weighted by atomic mass is 10.1. The van der Waals surface area contributed by atoms with Gasteiger partial charge in [-0.3, -0.25) is 4.79 Å². The van der Waals surface area contributed by atoms with Crippen molar-refractivity contribution < 1.29 is 14.3 Å². The lowest BCUT2D eigenvalue weighted by molar-refractivity contribution is 0.0602. The number of nitrogens with zero attached hydrogens (tertiary/aromatic N) is 2. The van der Waals surface area contributed by atoms with Crippen molar-refractivity contribution in [2.75, 3.05) is 17.7 Å². The van der Waals surface area contributed by atoms with E-state index in [0.29, 0.717) is 23.1 Å². The standard InChI is InChI=1S/C20H17ClN4O3/c1-28-20(27)14-7-3-5-9-16(14)23-19(26)17-10-11-18(25-24-17)22-12-13-6-2-4-8-15(13)21/h2-11H,12H2,1H3,(H,22,25)(H,23,26). The average molecular weight is 397 g/mol. The van der Waals surface area contributed by atoms with Crippen LogP contribution < -0.4 is 10.6 Å². The van der Waals surface area contributed by atoms with Crippen molar-refractivity contribution in [3.8, 4) is 0 Å². The normalized spacial score (nSPS) is 10.2. The zero-order valence-electron chi connectivity index (χ0n) is 15.0. The highest BCUT2D eigenvalue weighted by Gasteiger charge is 2.15. The Morgan fingerprint density at radius 1 is 1.00 bits per heavy atom. The van der Waals surface area contributed by atoms with Gasteiger partial charge in [0.15, 0.2) is 5.69 Å². The first-order valence-corrected chi connectivity index (χ1v) is 8.76. The molecule has 0 aliphatic heterocycles. The number of halogens is 1. The molecule has 0 radical (unpaired) electrons. The Hall–Kier alpha value is -3.45. The first kappa shape index (κ1) is 19.3. The third kappa shape index (κ3) is 4.63. The number of nitrogens with one attached hydrogen (secondary N) is 2. The van der Waals surface area contributed by atoms with Crippen LogP contribution in [-0.4, -0.2) is 29.2 Å². The maximum Gasteiger partial charge on any atom is 0.339 e. The van der Waals surface area contributed by atoms with Gasteiger partial charge >= 0.3 is 5.97 Å². The van der Waals surface area contributed by atoms with E-state index in [1.165, 1.54) is 13.2 Å². The van der Waals surface area contributed by atoms with Crippen LogP contribution in [0.1, 0.15) is 26.4 Å². The van der Waals surface area contributed by atoms with Crippen molar-refractivity contribution in [1.82, 2.24) is 10.2 Å². The second kappa shape index (κ2) is 8.96. The molecule has 142 valence electrons. The summed E-state index contributed by atoms with van der Waals surface area (Å²) >= 11 is 6.12. The van der Waals surface area contributed by atoms with E-state index in [-0.39, 0.29) is 11.3 Å². The minimum atomic E-state index is -0.541. The van der Waals surface area contributed by atoms with Gasteiger partial charge in [0.05, 0.1) is 18.4 Å². The van der Waals surface area contributed by atoms with Crippen LogP contribution >= 0.6 is 11.6 Å². The van der Waals surface area contributed by atoms with Crippen molar-refractivity contribution in [3.05, 3.63) is 82.5 Å². The highest BCUT2D eigenvalue weighted by atomic mass is 35.5. The molecule has 7 nitrogen and oxygen atoms in total. The fourth-order valence-electron chi connectivity index (χ4n) is 2.44. The maximum atomic E-state index is 12.4. The zero-order chi connectivity index (χ0) is 19.9. The lowest BCUT2D eigenvalue weighted by Gasteiger charge is -2.10. The molecule has 0 saturated carbocycles. The van der Waals surface area contributed by atoms with E-state index in [1.54, 1.807) is 30.3 Å². The van der Waals surface area contributed by atoms with Gasteiger partial charge in [-0.2, -0.15) is 0 Å². The predicted molar refractivity (Wildman–Crippen MR) is 107 cm³/mol. The van der Waals surface area contributed by atoms with Crippen LogP contribution in [0.5, 0.6) is 0 Å². The molecule has 0 fully saturated rings. The number of carbonyl (C=O) groups is 2. The van der Waals surface area contributed by atoms with Crippen LogP contribution in [0.4, 0.5) is 11.5 Å². The Labute approximate surface area is 166 Å². The molecule has 0 unspecified atom stereocenters. The molecule has 0 spiro atoms. The third-order valence-electron chi connectivity index (χ3n) is 3.90. The Morgan fingerprint density at radius 2 is 1.75 bits per heavy atom. The largest absolute Gasteiger partial charge is 0.465 e. The SMILES string of the molecule is COC(=O)c1ccccc1NC(=O)c1ccc(NCc2ccccc2Cl)nn1. The molecular formula is C20H17ClN4O3. The number of methoxy groups -OCH3 is 1. The van der Waals surface area contributed by atoms with E-state index in [9.17, 15) is 9.59 Å². The number of benzene rings is 2. The first-order chi connectivity index (χ1) is 13.6. The molecule has 0 aliphatic rings. The highest BCUT2D eigenvalue weighted by Crippen LogP contribution is 2.18. The molecule has 2 N–H and O–H groups in total. The van der Waals surface area contributed by atoms with Crippen LogP contribution in [0.2, 0.25) is 5.02 Å². The molecule has 0 aliphatic carbocycles. The van der Waals surface area contributed by atoms with Crippen molar-refractivity contribution in [1.29, 1.82) is 0 Å². The minimum absolute atomic E-state index is 0.114. The van der Waals surface area contributed by atoms with E-state index in [0.717, 1.165) is 5.56 Å². The molecule has 1 heterocycles. The van der Waals surface area contributed by atoms with Gasteiger partial charge in [0.2, 0.25) is 0 Å². The molecule has 0 saturated heterocycles. The first-order valence-electron chi connectivity index (χ1n) is 8.38. The predicted octanol–water partition coefficient (Wildman–Crippen LogP) is 3.78. The minimum Gasteiger partial charge on any atom is -0.465 e. The van der Waals surface area contributed by atoms with Gasteiger partial charge in [0.1, 0.15) is 5.82 Å². The molecule has 2 aromatic carbocycles. The second-order valence-corrected chi connectivity index (χ2v) is 6.15. The van der Waals surface area contributed by atoms with E-state index < -0.39 is 11.9 Å². The number of hydrogen-bond donors (Lipinski definition) is 2. The summed E-state index contributed by atoms with van der Waals surface area (Å²) in [6.45, 7) is 0.479. The Bertz CT molecular complexity index is 993. The molecule has 3 rings (SSSR count). The smallest absolute Gasteiger partial charge is 0.339 e. The summed E-state index contributed by atoms with van der Waals surface area (Å²) in [5.41, 5.74) is 1.63. The van der Waals surface area contributed by atoms with Crippen LogP contribution in [0.3, 0.4) is 0 Å². The summed E-state index contributed by atoms with van der Waals surface area (Å²) in [4.78, 5) is 24.2. The summed E-state index contributed by atoms with van der Waals surface area (Å²) in [6.07, 6.45) is 0. The van der Waals surface area contributed by atoms with E-state index in [4.69, 9.17) is 16.3 Å². The molecular weight excluding hydrogens is 380 g/mol. The fourth-order valence-corrected chi connectivity index (χ4v) is 2.64. The number of carbonyl (C=O) groups excluding carboxylic acids is 2. The topological polar surface area (TPSA) is 93.2 Å². The highest BCUT2D eigenvalue weighted by molar-refractivity contribution is 6.31. The Balaban J connectivity index is 1.66. The van der Waals surface area contributed by atoms with Gasteiger partial charge in [0.25, 0.3) is 5.91 Å². The lowest BCUT2D eigenvalue weighted by Crippen LogP contribution is -2.17. The van der Waals surface area contributed by atoms with E-state index >= 15 is 0 Å². The van der Waals surface area contributed by atoms with Gasteiger partial charge in [0, 0.05) is 11.6 Å². The number of anilines is 2. The van der Waals surface area contributed by atoms with E-state index in [1.807, 2.05) is 24.3 Å². The van der Waals surface area contributed by atoms with Crippen LogP contribution in [0.25, 0.3) is 0 Å². The molecule has 1 amide bonds. The van der Waals surface area contributed by atoms with E-state index in [2.05, 4.69) is 20.8 Å². The monoisotopic (exact) mass is 396 g/mol. The van der Waals surface area contributed by atoms with Crippen LogP contribution in [0, 0.1) is 0 Å². The number of rotatable bonds is 6. The molecule has 3 aromatic rings. The molecule has 1 aromatic heterocycles. The summed E-state index contributed by atoms with van der Waals surface area (Å²) < 4.78 is 4.72. The Morgan fingerprint density at radius 3 is 2.46 bits per heavy atom. The fraction of sp³-hybridized carbons (Fsp3) is 0.100. The van der Waals surface area contributed by atoms with Crippen molar-refractivity contribution in [3.63, 3.8) is 0 Å².